The van der Waals surface area contributed by atoms with Crippen LogP contribution < -0.4 is 9.47 Å². The monoisotopic (exact) mass is 386 g/mol. The molecule has 2 nitrogen and oxygen atoms in total. The molecule has 0 N–H and O–H groups in total. The highest BCUT2D eigenvalue weighted by Gasteiger charge is 2.19. The second-order valence-electron chi connectivity index (χ2n) is 4.75. The Morgan fingerprint density at radius 2 is 1.62 bits per heavy atom. The van der Waals surface area contributed by atoms with Crippen LogP contribution in [0.2, 0.25) is 10.0 Å². The Bertz CT molecular complexity index is 640. The molecule has 3 rings (SSSR count). The minimum Gasteiger partial charge on any atom is -0.490 e. The molecule has 0 aliphatic carbocycles. The van der Waals surface area contributed by atoms with Gasteiger partial charge in [0.2, 0.25) is 0 Å². The molecule has 5 heteroatoms. The summed E-state index contributed by atoms with van der Waals surface area (Å²) in [6.07, 6.45) is 0.887. The third-order valence-electron chi connectivity index (χ3n) is 3.32. The summed E-state index contributed by atoms with van der Waals surface area (Å²) in [5.74, 6) is 1.54. The van der Waals surface area contributed by atoms with Crippen LogP contribution in [0.1, 0.15) is 22.4 Å². The molecule has 21 heavy (non-hydrogen) atoms. The first-order valence-electron chi connectivity index (χ1n) is 6.64. The summed E-state index contributed by atoms with van der Waals surface area (Å²) in [5, 5.41) is 1.27. The second kappa shape index (κ2) is 6.47. The average Bonchev–Trinajstić information content (AvgIpc) is 2.71. The largest absolute Gasteiger partial charge is 0.490 e. The minimum absolute atomic E-state index is 0.101. The van der Waals surface area contributed by atoms with E-state index in [0.717, 1.165) is 29.0 Å². The molecule has 1 atom stereocenters. The van der Waals surface area contributed by atoms with Crippen molar-refractivity contribution in [3.05, 3.63) is 57.6 Å². The van der Waals surface area contributed by atoms with Crippen LogP contribution in [0.5, 0.6) is 11.5 Å². The number of halogens is 3. The van der Waals surface area contributed by atoms with Crippen LogP contribution in [-0.4, -0.2) is 13.2 Å². The SMILES string of the molecule is Clc1cccc(Cl)c1C(Br)c1ccc2c(c1)OCCCO2. The van der Waals surface area contributed by atoms with E-state index in [1.807, 2.05) is 36.4 Å². The molecule has 2 aromatic carbocycles. The highest BCUT2D eigenvalue weighted by molar-refractivity contribution is 9.09. The predicted molar refractivity (Wildman–Crippen MR) is 89.3 cm³/mol. The molecule has 1 aliphatic rings. The van der Waals surface area contributed by atoms with Crippen molar-refractivity contribution in [2.24, 2.45) is 0 Å². The third-order valence-corrected chi connectivity index (χ3v) is 4.96. The summed E-state index contributed by atoms with van der Waals surface area (Å²) in [7, 11) is 0. The molecule has 0 amide bonds. The maximum atomic E-state index is 6.27. The first kappa shape index (κ1) is 15.0. The zero-order chi connectivity index (χ0) is 14.8. The fraction of sp³-hybridized carbons (Fsp3) is 0.250. The summed E-state index contributed by atoms with van der Waals surface area (Å²) < 4.78 is 11.4. The van der Waals surface area contributed by atoms with Gasteiger partial charge in [-0.1, -0.05) is 51.3 Å². The molecular weight excluding hydrogens is 375 g/mol. The van der Waals surface area contributed by atoms with Gasteiger partial charge in [0.1, 0.15) is 0 Å². The first-order valence-corrected chi connectivity index (χ1v) is 8.31. The quantitative estimate of drug-likeness (QED) is 0.621. The number of hydrogen-bond acceptors (Lipinski definition) is 2. The standard InChI is InChI=1S/C16H13BrCl2O2/c17-16(15-11(18)3-1-4-12(15)19)10-5-6-13-14(9-10)21-8-2-7-20-13/h1,3-6,9,16H,2,7-8H2. The van der Waals surface area contributed by atoms with E-state index >= 15 is 0 Å². The zero-order valence-electron chi connectivity index (χ0n) is 11.1. The third kappa shape index (κ3) is 3.15. The van der Waals surface area contributed by atoms with Crippen molar-refractivity contribution in [3.8, 4) is 11.5 Å². The van der Waals surface area contributed by atoms with E-state index in [1.165, 1.54) is 0 Å². The van der Waals surface area contributed by atoms with Gasteiger partial charge in [-0.15, -0.1) is 0 Å². The summed E-state index contributed by atoms with van der Waals surface area (Å²) in [5.41, 5.74) is 1.88. The summed E-state index contributed by atoms with van der Waals surface area (Å²) in [6.45, 7) is 1.34. The number of ether oxygens (including phenoxy) is 2. The van der Waals surface area contributed by atoms with Crippen molar-refractivity contribution >= 4 is 39.1 Å². The fourth-order valence-corrected chi connectivity index (χ4v) is 3.91. The first-order chi connectivity index (χ1) is 10.2. The lowest BCUT2D eigenvalue weighted by Gasteiger charge is -2.16. The van der Waals surface area contributed by atoms with Crippen LogP contribution in [-0.2, 0) is 0 Å². The van der Waals surface area contributed by atoms with Gasteiger partial charge in [0, 0.05) is 22.0 Å². The number of alkyl halides is 1. The van der Waals surface area contributed by atoms with Gasteiger partial charge in [-0.2, -0.15) is 0 Å². The summed E-state index contributed by atoms with van der Waals surface area (Å²) >= 11 is 16.2. The highest BCUT2D eigenvalue weighted by atomic mass is 79.9. The Balaban J connectivity index is 1.98. The molecule has 0 fully saturated rings. The maximum absolute atomic E-state index is 6.27. The number of fused-ring (bicyclic) bond motifs is 1. The van der Waals surface area contributed by atoms with Crippen LogP contribution in [0.15, 0.2) is 36.4 Å². The molecule has 1 heterocycles. The molecule has 2 aromatic rings. The van der Waals surface area contributed by atoms with E-state index in [0.29, 0.717) is 23.3 Å². The zero-order valence-corrected chi connectivity index (χ0v) is 14.2. The molecular formula is C16H13BrCl2O2. The van der Waals surface area contributed by atoms with Crippen molar-refractivity contribution in [2.45, 2.75) is 11.2 Å². The van der Waals surface area contributed by atoms with Crippen molar-refractivity contribution in [3.63, 3.8) is 0 Å². The molecule has 0 saturated heterocycles. The van der Waals surface area contributed by atoms with Gasteiger partial charge in [0.25, 0.3) is 0 Å². The van der Waals surface area contributed by atoms with Crippen molar-refractivity contribution in [1.82, 2.24) is 0 Å². The van der Waals surface area contributed by atoms with Crippen LogP contribution in [0.25, 0.3) is 0 Å². The van der Waals surface area contributed by atoms with Gasteiger partial charge in [0.05, 0.1) is 18.0 Å². The van der Waals surface area contributed by atoms with E-state index in [2.05, 4.69) is 15.9 Å². The van der Waals surface area contributed by atoms with Crippen LogP contribution in [0.4, 0.5) is 0 Å². The number of hydrogen-bond donors (Lipinski definition) is 0. The molecule has 110 valence electrons. The van der Waals surface area contributed by atoms with Crippen molar-refractivity contribution in [1.29, 1.82) is 0 Å². The number of rotatable bonds is 2. The molecule has 1 unspecified atom stereocenters. The lowest BCUT2D eigenvalue weighted by atomic mass is 10.0. The summed E-state index contributed by atoms with van der Waals surface area (Å²) in [4.78, 5) is -0.101. The minimum atomic E-state index is -0.101. The molecule has 0 radical (unpaired) electrons. The molecule has 0 bridgehead atoms. The fourth-order valence-electron chi connectivity index (χ4n) is 2.26. The smallest absolute Gasteiger partial charge is 0.161 e. The van der Waals surface area contributed by atoms with Crippen LogP contribution >= 0.6 is 39.1 Å². The average molecular weight is 388 g/mol. The Kier molecular flexibility index (Phi) is 4.63. The second-order valence-corrected chi connectivity index (χ2v) is 6.48. The van der Waals surface area contributed by atoms with Crippen LogP contribution in [0, 0.1) is 0 Å². The van der Waals surface area contributed by atoms with Gasteiger partial charge >= 0.3 is 0 Å². The predicted octanol–water partition coefficient (Wildman–Crippen LogP) is 5.64. The van der Waals surface area contributed by atoms with Gasteiger partial charge in [-0.05, 0) is 29.8 Å². The normalized spacial score (nSPS) is 15.4. The van der Waals surface area contributed by atoms with Crippen LogP contribution in [0.3, 0.4) is 0 Å². The van der Waals surface area contributed by atoms with Gasteiger partial charge < -0.3 is 9.47 Å². The van der Waals surface area contributed by atoms with Gasteiger partial charge in [-0.25, -0.2) is 0 Å². The molecule has 0 saturated carbocycles. The Morgan fingerprint density at radius 1 is 0.952 bits per heavy atom. The van der Waals surface area contributed by atoms with E-state index < -0.39 is 0 Å². The van der Waals surface area contributed by atoms with Gasteiger partial charge in [0.15, 0.2) is 11.5 Å². The highest BCUT2D eigenvalue weighted by Crippen LogP contribution is 2.42. The number of benzene rings is 2. The molecule has 1 aliphatic heterocycles. The Hall–Kier alpha value is -0.900. The molecule has 0 spiro atoms. The maximum Gasteiger partial charge on any atom is 0.161 e. The van der Waals surface area contributed by atoms with Gasteiger partial charge in [-0.3, -0.25) is 0 Å². The van der Waals surface area contributed by atoms with E-state index in [9.17, 15) is 0 Å². The lowest BCUT2D eigenvalue weighted by molar-refractivity contribution is 0.297. The molecule has 0 aromatic heterocycles. The lowest BCUT2D eigenvalue weighted by Crippen LogP contribution is -1.98. The Labute approximate surface area is 142 Å². The van der Waals surface area contributed by atoms with E-state index in [-0.39, 0.29) is 4.83 Å². The topological polar surface area (TPSA) is 18.5 Å². The van der Waals surface area contributed by atoms with E-state index in [4.69, 9.17) is 32.7 Å². The van der Waals surface area contributed by atoms with Crippen molar-refractivity contribution in [2.75, 3.05) is 13.2 Å². The summed E-state index contributed by atoms with van der Waals surface area (Å²) in [6, 6.07) is 11.4. The van der Waals surface area contributed by atoms with E-state index in [1.54, 1.807) is 0 Å². The Morgan fingerprint density at radius 3 is 2.33 bits per heavy atom. The van der Waals surface area contributed by atoms with Crippen molar-refractivity contribution < 1.29 is 9.47 Å².